The zero-order valence-corrected chi connectivity index (χ0v) is 21.5. The number of nitrogens with one attached hydrogen (secondary N) is 2. The van der Waals surface area contributed by atoms with E-state index in [-0.39, 0.29) is 41.4 Å². The molecule has 1 atom stereocenters. The molecule has 0 spiro atoms. The highest BCUT2D eigenvalue weighted by molar-refractivity contribution is 14.0. The van der Waals surface area contributed by atoms with E-state index in [1.165, 1.54) is 12.1 Å². The van der Waals surface area contributed by atoms with Gasteiger partial charge < -0.3 is 19.9 Å². The molecule has 2 aromatic rings. The molecule has 1 aromatic carbocycles. The second-order valence-electron chi connectivity index (χ2n) is 7.80. The number of rotatable bonds is 10. The van der Waals surface area contributed by atoms with Gasteiger partial charge in [-0.2, -0.15) is 0 Å². The highest BCUT2D eigenvalue weighted by Gasteiger charge is 2.22. The number of guanidine groups is 1. The summed E-state index contributed by atoms with van der Waals surface area (Å²) in [5.41, 5.74) is 1.09. The van der Waals surface area contributed by atoms with Crippen LogP contribution >= 0.6 is 24.0 Å². The van der Waals surface area contributed by atoms with E-state index in [1.807, 2.05) is 31.3 Å². The Labute approximate surface area is 212 Å². The SMILES string of the molecule is CCNC(=NCC(c1ccc(F)cc1)N1CCOCC1)NCCCCn1ccccc1=O.I. The van der Waals surface area contributed by atoms with Crippen molar-refractivity contribution in [2.75, 3.05) is 45.9 Å². The Morgan fingerprint density at radius 1 is 1.12 bits per heavy atom. The number of ether oxygens (including phenoxy) is 1. The van der Waals surface area contributed by atoms with Gasteiger partial charge in [-0.15, -0.1) is 24.0 Å². The topological polar surface area (TPSA) is 70.9 Å². The van der Waals surface area contributed by atoms with Crippen molar-refractivity contribution in [3.8, 4) is 0 Å². The molecule has 2 N–H and O–H groups in total. The van der Waals surface area contributed by atoms with Gasteiger partial charge in [0.1, 0.15) is 5.82 Å². The Morgan fingerprint density at radius 2 is 1.88 bits per heavy atom. The minimum atomic E-state index is -0.231. The maximum absolute atomic E-state index is 13.4. The second kappa shape index (κ2) is 15.0. The number of benzene rings is 1. The summed E-state index contributed by atoms with van der Waals surface area (Å²) in [4.78, 5) is 18.9. The van der Waals surface area contributed by atoms with Crippen molar-refractivity contribution in [3.05, 3.63) is 70.4 Å². The number of hydrogen-bond acceptors (Lipinski definition) is 4. The molecule has 1 saturated heterocycles. The van der Waals surface area contributed by atoms with Gasteiger partial charge in [-0.3, -0.25) is 14.7 Å². The largest absolute Gasteiger partial charge is 0.379 e. The monoisotopic (exact) mass is 571 g/mol. The van der Waals surface area contributed by atoms with E-state index >= 15 is 0 Å². The fraction of sp³-hybridized carbons (Fsp3) is 0.500. The molecule has 9 heteroatoms. The van der Waals surface area contributed by atoms with Crippen molar-refractivity contribution in [2.45, 2.75) is 32.4 Å². The lowest BCUT2D eigenvalue weighted by molar-refractivity contribution is 0.0179. The maximum atomic E-state index is 13.4. The summed E-state index contributed by atoms with van der Waals surface area (Å²) in [6.45, 7) is 7.92. The van der Waals surface area contributed by atoms with E-state index in [0.717, 1.165) is 50.5 Å². The predicted octanol–water partition coefficient (Wildman–Crippen LogP) is 3.01. The van der Waals surface area contributed by atoms with Gasteiger partial charge in [0.25, 0.3) is 0 Å². The van der Waals surface area contributed by atoms with Gasteiger partial charge in [0.2, 0.25) is 5.56 Å². The lowest BCUT2D eigenvalue weighted by Gasteiger charge is -2.34. The van der Waals surface area contributed by atoms with Gasteiger partial charge in [0.15, 0.2) is 5.96 Å². The van der Waals surface area contributed by atoms with Crippen molar-refractivity contribution in [1.29, 1.82) is 0 Å². The van der Waals surface area contributed by atoms with Crippen LogP contribution in [0.1, 0.15) is 31.4 Å². The Balaban J connectivity index is 0.00000385. The van der Waals surface area contributed by atoms with Gasteiger partial charge in [-0.05, 0) is 43.5 Å². The summed E-state index contributed by atoms with van der Waals surface area (Å²) < 4.78 is 20.7. The molecule has 0 bridgehead atoms. The first-order valence-corrected chi connectivity index (χ1v) is 11.4. The van der Waals surface area contributed by atoms with Crippen LogP contribution in [0, 0.1) is 5.82 Å². The molecule has 2 heterocycles. The van der Waals surface area contributed by atoms with Gasteiger partial charge >= 0.3 is 0 Å². The van der Waals surface area contributed by atoms with Crippen LogP contribution in [0.25, 0.3) is 0 Å². The fourth-order valence-corrected chi connectivity index (χ4v) is 3.78. The smallest absolute Gasteiger partial charge is 0.250 e. The Kier molecular flexibility index (Phi) is 12.4. The molecule has 0 saturated carbocycles. The minimum absolute atomic E-state index is 0. The fourth-order valence-electron chi connectivity index (χ4n) is 3.78. The Morgan fingerprint density at radius 3 is 2.58 bits per heavy atom. The molecule has 1 aliphatic heterocycles. The zero-order chi connectivity index (χ0) is 22.6. The molecule has 1 aromatic heterocycles. The third-order valence-electron chi connectivity index (χ3n) is 5.53. The number of morpholine rings is 1. The lowest BCUT2D eigenvalue weighted by Crippen LogP contribution is -2.42. The predicted molar refractivity (Wildman–Crippen MR) is 141 cm³/mol. The van der Waals surface area contributed by atoms with Crippen molar-refractivity contribution < 1.29 is 9.13 Å². The summed E-state index contributed by atoms with van der Waals surface area (Å²) in [7, 11) is 0. The van der Waals surface area contributed by atoms with E-state index in [9.17, 15) is 9.18 Å². The normalized spacial score (nSPS) is 15.5. The highest BCUT2D eigenvalue weighted by atomic mass is 127. The summed E-state index contributed by atoms with van der Waals surface area (Å²) in [6.07, 6.45) is 3.65. The molecular weight excluding hydrogens is 536 g/mol. The van der Waals surface area contributed by atoms with E-state index in [4.69, 9.17) is 9.73 Å². The summed E-state index contributed by atoms with van der Waals surface area (Å²) >= 11 is 0. The number of aliphatic imine (C=N–C) groups is 1. The number of aryl methyl sites for hydroxylation is 1. The summed E-state index contributed by atoms with van der Waals surface area (Å²) in [5.74, 6) is 0.537. The van der Waals surface area contributed by atoms with Crippen molar-refractivity contribution in [2.24, 2.45) is 4.99 Å². The average molecular weight is 571 g/mol. The first kappa shape index (κ1) is 27.3. The summed E-state index contributed by atoms with van der Waals surface area (Å²) in [6, 6.07) is 12.0. The van der Waals surface area contributed by atoms with Crippen LogP contribution < -0.4 is 16.2 Å². The van der Waals surface area contributed by atoms with Gasteiger partial charge in [-0.1, -0.05) is 18.2 Å². The third-order valence-corrected chi connectivity index (χ3v) is 5.53. The number of pyridine rings is 1. The minimum Gasteiger partial charge on any atom is -0.379 e. The summed E-state index contributed by atoms with van der Waals surface area (Å²) in [5, 5.41) is 6.69. The number of nitrogens with zero attached hydrogens (tertiary/aromatic N) is 3. The van der Waals surface area contributed by atoms with E-state index in [0.29, 0.717) is 26.3 Å². The molecule has 7 nitrogen and oxygen atoms in total. The zero-order valence-electron chi connectivity index (χ0n) is 19.2. The van der Waals surface area contributed by atoms with Crippen LogP contribution in [-0.4, -0.2) is 61.4 Å². The lowest BCUT2D eigenvalue weighted by atomic mass is 10.0. The van der Waals surface area contributed by atoms with Crippen LogP contribution in [0.5, 0.6) is 0 Å². The van der Waals surface area contributed by atoms with Gasteiger partial charge in [0, 0.05) is 45.0 Å². The van der Waals surface area contributed by atoms with Crippen LogP contribution in [0.15, 0.2) is 58.4 Å². The quantitative estimate of drug-likeness (QED) is 0.199. The van der Waals surface area contributed by atoms with E-state index in [2.05, 4.69) is 15.5 Å². The van der Waals surface area contributed by atoms with Crippen LogP contribution in [-0.2, 0) is 11.3 Å². The standard InChI is InChI=1S/C24H34FN5O2.HI/c1-2-26-24(27-12-4-6-14-30-13-5-3-7-23(30)31)28-19-22(29-15-17-32-18-16-29)20-8-10-21(25)11-9-20;/h3,5,7-11,13,22H,2,4,6,12,14-19H2,1H3,(H2,26,27,28);1H. The molecule has 33 heavy (non-hydrogen) atoms. The third kappa shape index (κ3) is 9.05. The number of unbranched alkanes of at least 4 members (excludes halogenated alkanes) is 1. The van der Waals surface area contributed by atoms with E-state index in [1.54, 1.807) is 16.7 Å². The maximum Gasteiger partial charge on any atom is 0.250 e. The first-order valence-electron chi connectivity index (χ1n) is 11.4. The molecule has 1 fully saturated rings. The van der Waals surface area contributed by atoms with Crippen molar-refractivity contribution >= 4 is 29.9 Å². The molecule has 1 aliphatic rings. The molecule has 0 radical (unpaired) electrons. The van der Waals surface area contributed by atoms with Crippen LogP contribution in [0.2, 0.25) is 0 Å². The molecular formula is C24H35FIN5O2. The van der Waals surface area contributed by atoms with Gasteiger partial charge in [0.05, 0.1) is 25.8 Å². The second-order valence-corrected chi connectivity index (χ2v) is 7.80. The first-order chi connectivity index (χ1) is 15.7. The van der Waals surface area contributed by atoms with Crippen molar-refractivity contribution in [1.82, 2.24) is 20.1 Å². The number of aromatic nitrogens is 1. The Bertz CT molecular complexity index is 900. The average Bonchev–Trinajstić information content (AvgIpc) is 2.82. The molecule has 1 unspecified atom stereocenters. The van der Waals surface area contributed by atoms with Crippen molar-refractivity contribution in [3.63, 3.8) is 0 Å². The molecule has 182 valence electrons. The van der Waals surface area contributed by atoms with E-state index < -0.39 is 0 Å². The molecule has 0 amide bonds. The Hall–Kier alpha value is -1.98. The number of halogens is 2. The van der Waals surface area contributed by atoms with Crippen LogP contribution in [0.3, 0.4) is 0 Å². The molecule has 3 rings (SSSR count). The van der Waals surface area contributed by atoms with Crippen LogP contribution in [0.4, 0.5) is 4.39 Å². The highest BCUT2D eigenvalue weighted by Crippen LogP contribution is 2.22. The van der Waals surface area contributed by atoms with Gasteiger partial charge in [-0.25, -0.2) is 4.39 Å². The molecule has 0 aliphatic carbocycles. The number of hydrogen-bond donors (Lipinski definition) is 2.